The van der Waals surface area contributed by atoms with Crippen LogP contribution in [-0.4, -0.2) is 42.5 Å². The number of carbonyl (C=O) groups excluding carboxylic acids is 1. The summed E-state index contributed by atoms with van der Waals surface area (Å²) in [5, 5.41) is 0.643. The van der Waals surface area contributed by atoms with Crippen LogP contribution in [0.3, 0.4) is 0 Å². The number of rotatable bonds is 3. The first-order valence-electron chi connectivity index (χ1n) is 7.32. The van der Waals surface area contributed by atoms with E-state index in [2.05, 4.69) is 19.9 Å². The van der Waals surface area contributed by atoms with Gasteiger partial charge < -0.3 is 4.90 Å². The van der Waals surface area contributed by atoms with Crippen molar-refractivity contribution in [2.24, 2.45) is 0 Å². The number of nitrogens with zero attached hydrogens (tertiary/aromatic N) is 5. The maximum Gasteiger partial charge on any atom is 0.233 e. The van der Waals surface area contributed by atoms with Crippen molar-refractivity contribution in [2.75, 3.05) is 5.75 Å². The highest BCUT2D eigenvalue weighted by atomic mass is 32.2. The molecule has 2 aromatic rings. The third-order valence-corrected chi connectivity index (χ3v) is 5.13. The van der Waals surface area contributed by atoms with Gasteiger partial charge in [-0.15, -0.1) is 0 Å². The number of hydrogen-bond donors (Lipinski definition) is 0. The zero-order chi connectivity index (χ0) is 14.9. The van der Waals surface area contributed by atoms with Gasteiger partial charge in [-0.2, -0.15) is 0 Å². The number of fused-ring (bicyclic) bond motifs is 4. The normalized spacial score (nSPS) is 22.5. The minimum Gasteiger partial charge on any atom is -0.331 e. The van der Waals surface area contributed by atoms with E-state index >= 15 is 0 Å². The molecule has 112 valence electrons. The lowest BCUT2D eigenvalue weighted by Gasteiger charge is -2.35. The summed E-state index contributed by atoms with van der Waals surface area (Å²) in [4.78, 5) is 31.5. The maximum atomic E-state index is 12.7. The Hall–Kier alpha value is -2.02. The Bertz CT molecular complexity index is 695. The number of aromatic nitrogens is 4. The molecule has 0 N–H and O–H groups in total. The quantitative estimate of drug-likeness (QED) is 0.634. The summed E-state index contributed by atoms with van der Waals surface area (Å²) < 4.78 is 0. The smallest absolute Gasteiger partial charge is 0.233 e. The SMILES string of the molecule is O=C(CSc1ncccn1)N1C2CCC1c1cncnc1C2. The van der Waals surface area contributed by atoms with Crippen molar-refractivity contribution in [3.05, 3.63) is 42.2 Å². The Morgan fingerprint density at radius 1 is 1.27 bits per heavy atom. The fourth-order valence-electron chi connectivity index (χ4n) is 3.36. The third kappa shape index (κ3) is 2.35. The largest absolute Gasteiger partial charge is 0.331 e. The van der Waals surface area contributed by atoms with Gasteiger partial charge >= 0.3 is 0 Å². The molecule has 6 nitrogen and oxygen atoms in total. The Labute approximate surface area is 132 Å². The second-order valence-electron chi connectivity index (χ2n) is 5.50. The van der Waals surface area contributed by atoms with Gasteiger partial charge in [0.05, 0.1) is 17.5 Å². The van der Waals surface area contributed by atoms with E-state index < -0.39 is 0 Å². The van der Waals surface area contributed by atoms with Crippen molar-refractivity contribution in [1.29, 1.82) is 0 Å². The molecule has 2 unspecified atom stereocenters. The first-order valence-corrected chi connectivity index (χ1v) is 8.31. The van der Waals surface area contributed by atoms with Crippen molar-refractivity contribution >= 4 is 17.7 Å². The summed E-state index contributed by atoms with van der Waals surface area (Å²) in [7, 11) is 0. The minimum atomic E-state index is 0.139. The summed E-state index contributed by atoms with van der Waals surface area (Å²) >= 11 is 1.39. The molecular weight excluding hydrogens is 298 g/mol. The maximum absolute atomic E-state index is 12.7. The molecule has 1 fully saturated rings. The monoisotopic (exact) mass is 313 g/mol. The van der Waals surface area contributed by atoms with Crippen LogP contribution in [0, 0.1) is 0 Å². The zero-order valence-corrected chi connectivity index (χ0v) is 12.7. The number of hydrogen-bond acceptors (Lipinski definition) is 6. The van der Waals surface area contributed by atoms with Gasteiger partial charge in [-0.25, -0.2) is 19.9 Å². The van der Waals surface area contributed by atoms with Gasteiger partial charge in [0.15, 0.2) is 5.16 Å². The van der Waals surface area contributed by atoms with Crippen molar-refractivity contribution in [2.45, 2.75) is 36.5 Å². The highest BCUT2D eigenvalue weighted by Gasteiger charge is 2.42. The summed E-state index contributed by atoms with van der Waals surface area (Å²) in [6, 6.07) is 2.19. The molecule has 2 atom stereocenters. The van der Waals surface area contributed by atoms with Gasteiger partial charge in [0, 0.05) is 36.6 Å². The second kappa shape index (κ2) is 5.64. The van der Waals surface area contributed by atoms with Crippen LogP contribution in [0.5, 0.6) is 0 Å². The Morgan fingerprint density at radius 3 is 3.00 bits per heavy atom. The fraction of sp³-hybridized carbons (Fsp3) is 0.400. The third-order valence-electron chi connectivity index (χ3n) is 4.27. The highest BCUT2D eigenvalue weighted by molar-refractivity contribution is 7.99. The highest BCUT2D eigenvalue weighted by Crippen LogP contribution is 2.42. The molecular formula is C15H15N5OS. The average molecular weight is 313 g/mol. The molecule has 0 saturated carbocycles. The predicted molar refractivity (Wildman–Crippen MR) is 81.1 cm³/mol. The van der Waals surface area contributed by atoms with E-state index in [0.29, 0.717) is 10.9 Å². The zero-order valence-electron chi connectivity index (χ0n) is 11.9. The number of thioether (sulfide) groups is 1. The van der Waals surface area contributed by atoms with E-state index in [-0.39, 0.29) is 18.0 Å². The van der Waals surface area contributed by atoms with Crippen LogP contribution in [0.2, 0.25) is 0 Å². The van der Waals surface area contributed by atoms with Crippen molar-refractivity contribution in [3.8, 4) is 0 Å². The van der Waals surface area contributed by atoms with Crippen molar-refractivity contribution in [3.63, 3.8) is 0 Å². The molecule has 0 aliphatic carbocycles. The van der Waals surface area contributed by atoms with E-state index in [1.54, 1.807) is 24.8 Å². The summed E-state index contributed by atoms with van der Waals surface area (Å²) in [6.45, 7) is 0. The Balaban J connectivity index is 1.50. The summed E-state index contributed by atoms with van der Waals surface area (Å²) in [5.74, 6) is 0.527. The van der Waals surface area contributed by atoms with Gasteiger partial charge in [-0.1, -0.05) is 11.8 Å². The Kier molecular flexibility index (Phi) is 3.49. The molecule has 0 aromatic carbocycles. The standard InChI is InChI=1S/C15H15N5OS/c21-14(8-22-15-17-4-1-5-18-15)20-10-2-3-13(20)11-7-16-9-19-12(11)6-10/h1,4-5,7,9-10,13H,2-3,6,8H2. The van der Waals surface area contributed by atoms with Gasteiger partial charge in [-0.3, -0.25) is 4.79 Å². The summed E-state index contributed by atoms with van der Waals surface area (Å²) in [6.07, 6.45) is 9.73. The lowest BCUT2D eigenvalue weighted by molar-refractivity contribution is -0.131. The molecule has 1 amide bonds. The summed E-state index contributed by atoms with van der Waals surface area (Å²) in [5.41, 5.74) is 2.22. The van der Waals surface area contributed by atoms with Gasteiger partial charge in [-0.05, 0) is 18.9 Å². The van der Waals surface area contributed by atoms with E-state index in [1.165, 1.54) is 11.8 Å². The lowest BCUT2D eigenvalue weighted by Crippen LogP contribution is -2.43. The average Bonchev–Trinajstić information content (AvgIpc) is 2.89. The molecule has 7 heteroatoms. The molecule has 1 saturated heterocycles. The van der Waals surface area contributed by atoms with Crippen molar-refractivity contribution < 1.29 is 4.79 Å². The fourth-order valence-corrected chi connectivity index (χ4v) is 4.04. The number of amides is 1. The molecule has 2 aliphatic heterocycles. The molecule has 4 rings (SSSR count). The molecule has 2 aliphatic rings. The van der Waals surface area contributed by atoms with E-state index in [1.807, 2.05) is 11.1 Å². The molecule has 22 heavy (non-hydrogen) atoms. The van der Waals surface area contributed by atoms with Crippen LogP contribution in [-0.2, 0) is 11.2 Å². The first-order chi connectivity index (χ1) is 10.8. The molecule has 2 bridgehead atoms. The van der Waals surface area contributed by atoms with Crippen LogP contribution >= 0.6 is 11.8 Å². The van der Waals surface area contributed by atoms with E-state index in [4.69, 9.17) is 0 Å². The van der Waals surface area contributed by atoms with Crippen LogP contribution < -0.4 is 0 Å². The van der Waals surface area contributed by atoms with E-state index in [9.17, 15) is 4.79 Å². The second-order valence-corrected chi connectivity index (χ2v) is 6.44. The minimum absolute atomic E-state index is 0.139. The van der Waals surface area contributed by atoms with Crippen LogP contribution in [0.15, 0.2) is 36.1 Å². The van der Waals surface area contributed by atoms with E-state index in [0.717, 1.165) is 30.5 Å². The molecule has 2 aromatic heterocycles. The topological polar surface area (TPSA) is 71.9 Å². The van der Waals surface area contributed by atoms with Gasteiger partial charge in [0.2, 0.25) is 5.91 Å². The van der Waals surface area contributed by atoms with Gasteiger partial charge in [0.1, 0.15) is 6.33 Å². The van der Waals surface area contributed by atoms with Crippen LogP contribution in [0.25, 0.3) is 0 Å². The molecule has 0 radical (unpaired) electrons. The van der Waals surface area contributed by atoms with Crippen LogP contribution in [0.4, 0.5) is 0 Å². The lowest BCUT2D eigenvalue weighted by atomic mass is 9.99. The molecule has 0 spiro atoms. The first kappa shape index (κ1) is 13.6. The van der Waals surface area contributed by atoms with Crippen molar-refractivity contribution in [1.82, 2.24) is 24.8 Å². The number of carbonyl (C=O) groups is 1. The predicted octanol–water partition coefficient (Wildman–Crippen LogP) is 1.65. The van der Waals surface area contributed by atoms with Gasteiger partial charge in [0.25, 0.3) is 0 Å². The molecule has 4 heterocycles. The Morgan fingerprint density at radius 2 is 2.14 bits per heavy atom. The van der Waals surface area contributed by atoms with Crippen LogP contribution in [0.1, 0.15) is 30.1 Å².